The molecule has 0 unspecified atom stereocenters. The van der Waals surface area contributed by atoms with Gasteiger partial charge >= 0.3 is 0 Å². The fraction of sp³-hybridized carbons (Fsp3) is 0.480. The maximum absolute atomic E-state index is 12.9. The summed E-state index contributed by atoms with van der Waals surface area (Å²) in [5.41, 5.74) is 5.66. The van der Waals surface area contributed by atoms with Crippen LogP contribution in [-0.4, -0.2) is 23.9 Å². The second-order valence-electron chi connectivity index (χ2n) is 9.76. The van der Waals surface area contributed by atoms with E-state index < -0.39 is 4.92 Å². The van der Waals surface area contributed by atoms with Crippen molar-refractivity contribution >= 4 is 23.0 Å². The minimum Gasteiger partial charge on any atom is -0.370 e. The molecule has 0 spiro atoms. The summed E-state index contributed by atoms with van der Waals surface area (Å²) < 4.78 is 0. The van der Waals surface area contributed by atoms with Crippen LogP contribution in [-0.2, 0) is 0 Å². The van der Waals surface area contributed by atoms with Gasteiger partial charge in [-0.25, -0.2) is 0 Å². The molecule has 6 heteroatoms. The maximum atomic E-state index is 12.9. The van der Waals surface area contributed by atoms with Gasteiger partial charge in [0.25, 0.3) is 11.6 Å². The first kappa shape index (κ1) is 18.8. The Bertz CT molecular complexity index is 1020. The summed E-state index contributed by atoms with van der Waals surface area (Å²) in [7, 11) is 0. The topological polar surface area (TPSA) is 75.5 Å². The zero-order valence-corrected chi connectivity index (χ0v) is 17.5. The van der Waals surface area contributed by atoms with Gasteiger partial charge in [0.05, 0.1) is 4.92 Å². The monoisotopic (exact) mass is 417 g/mol. The Hall–Kier alpha value is -2.89. The molecule has 2 aromatic carbocycles. The van der Waals surface area contributed by atoms with Crippen LogP contribution < -0.4 is 10.2 Å². The summed E-state index contributed by atoms with van der Waals surface area (Å²) in [6, 6.07) is 10.2. The summed E-state index contributed by atoms with van der Waals surface area (Å²) >= 11 is 0. The van der Waals surface area contributed by atoms with Gasteiger partial charge in [0, 0.05) is 42.2 Å². The van der Waals surface area contributed by atoms with Crippen LogP contribution in [0.5, 0.6) is 0 Å². The van der Waals surface area contributed by atoms with Gasteiger partial charge in [-0.3, -0.25) is 14.9 Å². The lowest BCUT2D eigenvalue weighted by Gasteiger charge is -2.46. The highest BCUT2D eigenvalue weighted by atomic mass is 16.6. The van der Waals surface area contributed by atoms with Gasteiger partial charge in [0.1, 0.15) is 0 Å². The Balaban J connectivity index is 1.37. The van der Waals surface area contributed by atoms with Crippen molar-refractivity contribution in [3.05, 3.63) is 63.2 Å². The molecule has 160 valence electrons. The molecule has 4 atom stereocenters. The molecule has 0 saturated heterocycles. The number of non-ortho nitro benzene ring substituents is 1. The van der Waals surface area contributed by atoms with Crippen molar-refractivity contribution in [1.29, 1.82) is 0 Å². The normalized spacial score (nSPS) is 27.9. The number of anilines is 2. The van der Waals surface area contributed by atoms with Crippen LogP contribution in [0, 0.1) is 22.0 Å². The third kappa shape index (κ3) is 3.03. The molecule has 2 aromatic rings. The average molecular weight is 418 g/mol. The number of carbonyl (C=O) groups excluding carboxylic acids is 1. The molecule has 2 fully saturated rings. The Kier molecular flexibility index (Phi) is 4.30. The van der Waals surface area contributed by atoms with Crippen molar-refractivity contribution < 1.29 is 9.72 Å². The molecule has 1 amide bonds. The number of nitro benzene ring substituents is 1. The van der Waals surface area contributed by atoms with Crippen LogP contribution in [0.1, 0.15) is 71.8 Å². The summed E-state index contributed by atoms with van der Waals surface area (Å²) in [6.45, 7) is 2.39. The van der Waals surface area contributed by atoms with E-state index in [1.807, 2.05) is 0 Å². The Labute approximate surface area is 181 Å². The number of rotatable bonds is 3. The van der Waals surface area contributed by atoms with Crippen LogP contribution in [0.4, 0.5) is 17.1 Å². The first-order valence-electron chi connectivity index (χ1n) is 11.6. The molecule has 2 saturated carbocycles. The fourth-order valence-corrected chi connectivity index (χ4v) is 6.77. The van der Waals surface area contributed by atoms with E-state index in [0.29, 0.717) is 17.4 Å². The van der Waals surface area contributed by atoms with Gasteiger partial charge < -0.3 is 10.2 Å². The zero-order valence-electron chi connectivity index (χ0n) is 17.5. The molecule has 0 radical (unpaired) electrons. The van der Waals surface area contributed by atoms with E-state index in [0.717, 1.165) is 17.5 Å². The molecular weight excluding hydrogens is 390 g/mol. The van der Waals surface area contributed by atoms with Crippen molar-refractivity contribution in [2.75, 3.05) is 23.3 Å². The van der Waals surface area contributed by atoms with E-state index in [9.17, 15) is 14.9 Å². The van der Waals surface area contributed by atoms with Crippen LogP contribution in [0.2, 0.25) is 0 Å². The van der Waals surface area contributed by atoms with Gasteiger partial charge in [-0.15, -0.1) is 0 Å². The molecule has 2 aliphatic carbocycles. The third-order valence-electron chi connectivity index (χ3n) is 8.11. The number of nitro groups is 1. The fourth-order valence-electron chi connectivity index (χ4n) is 6.77. The lowest BCUT2D eigenvalue weighted by molar-refractivity contribution is -0.384. The number of benzene rings is 2. The minimum absolute atomic E-state index is 0.00518. The highest BCUT2D eigenvalue weighted by Gasteiger charge is 2.44. The van der Waals surface area contributed by atoms with Crippen LogP contribution in [0.3, 0.4) is 0 Å². The predicted octanol–water partition coefficient (Wildman–Crippen LogP) is 5.45. The van der Waals surface area contributed by atoms with Gasteiger partial charge in [0.15, 0.2) is 0 Å². The van der Waals surface area contributed by atoms with E-state index >= 15 is 0 Å². The molecule has 0 aromatic heterocycles. The first-order valence-corrected chi connectivity index (χ1v) is 11.6. The largest absolute Gasteiger partial charge is 0.370 e. The maximum Gasteiger partial charge on any atom is 0.269 e. The molecule has 6 rings (SSSR count). The number of carbonyl (C=O) groups is 1. The van der Waals surface area contributed by atoms with Gasteiger partial charge in [-0.05, 0) is 84.7 Å². The van der Waals surface area contributed by atoms with Crippen molar-refractivity contribution in [2.24, 2.45) is 11.8 Å². The second kappa shape index (κ2) is 7.08. The predicted molar refractivity (Wildman–Crippen MR) is 120 cm³/mol. The van der Waals surface area contributed by atoms with Gasteiger partial charge in [-0.2, -0.15) is 0 Å². The summed E-state index contributed by atoms with van der Waals surface area (Å²) in [4.78, 5) is 26.0. The van der Waals surface area contributed by atoms with Crippen molar-refractivity contribution in [2.45, 2.75) is 50.4 Å². The van der Waals surface area contributed by atoms with Crippen LogP contribution in [0.25, 0.3) is 0 Å². The molecule has 2 aliphatic heterocycles. The molecule has 1 N–H and O–H groups in total. The Morgan fingerprint density at radius 2 is 1.52 bits per heavy atom. The number of fused-ring (bicyclic) bond motifs is 4. The van der Waals surface area contributed by atoms with Gasteiger partial charge in [-0.1, -0.05) is 12.8 Å². The first-order chi connectivity index (χ1) is 15.1. The Morgan fingerprint density at radius 3 is 2.06 bits per heavy atom. The van der Waals surface area contributed by atoms with E-state index in [1.165, 1.54) is 92.7 Å². The third-order valence-corrected chi connectivity index (χ3v) is 8.11. The number of hydrogen-bond donors (Lipinski definition) is 1. The zero-order chi connectivity index (χ0) is 21.1. The van der Waals surface area contributed by atoms with Crippen LogP contribution in [0.15, 0.2) is 36.4 Å². The SMILES string of the molecule is O=C(Nc1cc2c3c(c1)[C@@H]1CCC[C@@H]1CN3C[C@H]1CCC[C@@H]21)c1ccc([N+](=O)[O-])cc1. The highest BCUT2D eigenvalue weighted by molar-refractivity contribution is 6.04. The lowest BCUT2D eigenvalue weighted by Crippen LogP contribution is -2.43. The number of hydrogen-bond acceptors (Lipinski definition) is 4. The number of nitrogens with one attached hydrogen (secondary N) is 1. The molecule has 4 aliphatic rings. The Morgan fingerprint density at radius 1 is 0.935 bits per heavy atom. The quantitative estimate of drug-likeness (QED) is 0.532. The van der Waals surface area contributed by atoms with Crippen LogP contribution >= 0.6 is 0 Å². The standard InChI is InChI=1S/C25H27N3O3/c29-25(15-7-9-19(10-8-15)28(30)31)26-18-11-22-20-5-1-3-16(20)13-27-14-17-4-2-6-21(17)23(12-18)24(22)27/h7-12,16-17,20-21H,1-6,13-14H2,(H,26,29)/t16-,17-,20-,21-/m1/s1. The minimum atomic E-state index is -0.447. The van der Waals surface area contributed by atoms with Crippen molar-refractivity contribution in [3.8, 4) is 0 Å². The molecule has 2 heterocycles. The van der Waals surface area contributed by atoms with Gasteiger partial charge in [0.2, 0.25) is 0 Å². The molecule has 0 bridgehead atoms. The highest BCUT2D eigenvalue weighted by Crippen LogP contribution is 2.56. The summed E-state index contributed by atoms with van der Waals surface area (Å²) in [6.07, 6.45) is 7.71. The van der Waals surface area contributed by atoms with Crippen molar-refractivity contribution in [1.82, 2.24) is 0 Å². The number of amides is 1. The molecular formula is C25H27N3O3. The lowest BCUT2D eigenvalue weighted by atomic mass is 9.75. The van der Waals surface area contributed by atoms with E-state index in [4.69, 9.17) is 0 Å². The van der Waals surface area contributed by atoms with Crippen molar-refractivity contribution in [3.63, 3.8) is 0 Å². The summed E-state index contributed by atoms with van der Waals surface area (Å²) in [5, 5.41) is 14.0. The summed E-state index contributed by atoms with van der Waals surface area (Å²) in [5.74, 6) is 2.48. The van der Waals surface area contributed by atoms with E-state index in [2.05, 4.69) is 22.3 Å². The van der Waals surface area contributed by atoms with E-state index in [1.54, 1.807) is 0 Å². The molecule has 6 nitrogen and oxygen atoms in total. The second-order valence-corrected chi connectivity index (χ2v) is 9.76. The van der Waals surface area contributed by atoms with E-state index in [-0.39, 0.29) is 11.6 Å². The number of nitrogens with zero attached hydrogens (tertiary/aromatic N) is 2. The smallest absolute Gasteiger partial charge is 0.269 e. The molecule has 31 heavy (non-hydrogen) atoms. The average Bonchev–Trinajstić information content (AvgIpc) is 3.43.